The van der Waals surface area contributed by atoms with Crippen molar-refractivity contribution in [2.45, 2.75) is 46.0 Å². The maximum atomic E-state index is 13.9. The van der Waals surface area contributed by atoms with E-state index < -0.39 is 5.82 Å². The molecule has 0 heterocycles. The topological polar surface area (TPSA) is 20.2 Å². The molecule has 0 bridgehead atoms. The zero-order chi connectivity index (χ0) is 12.7. The summed E-state index contributed by atoms with van der Waals surface area (Å²) in [7, 11) is 0. The summed E-state index contributed by atoms with van der Waals surface area (Å²) in [6, 6.07) is 1.71. The summed E-state index contributed by atoms with van der Waals surface area (Å²) in [4.78, 5) is 0. The molecule has 90 valence electrons. The maximum absolute atomic E-state index is 13.9. The van der Waals surface area contributed by atoms with Crippen LogP contribution >= 0.6 is 11.6 Å². The van der Waals surface area contributed by atoms with E-state index in [2.05, 4.69) is 0 Å². The van der Waals surface area contributed by atoms with E-state index in [0.717, 1.165) is 0 Å². The summed E-state index contributed by atoms with van der Waals surface area (Å²) in [6.07, 6.45) is 0. The molecule has 1 N–H and O–H groups in total. The monoisotopic (exact) mass is 244 g/mol. The first-order valence-electron chi connectivity index (χ1n) is 5.37. The number of halogens is 2. The van der Waals surface area contributed by atoms with Crippen LogP contribution in [0.4, 0.5) is 4.39 Å². The fourth-order valence-corrected chi connectivity index (χ4v) is 1.83. The van der Waals surface area contributed by atoms with Crippen LogP contribution in [-0.2, 0) is 5.41 Å². The number of rotatable bonds is 1. The molecule has 0 saturated carbocycles. The zero-order valence-corrected chi connectivity index (χ0v) is 11.1. The van der Waals surface area contributed by atoms with Crippen LogP contribution in [0.5, 0.6) is 5.75 Å². The molecule has 1 rings (SSSR count). The predicted molar refractivity (Wildman–Crippen MR) is 65.9 cm³/mol. The van der Waals surface area contributed by atoms with Crippen molar-refractivity contribution in [1.82, 2.24) is 0 Å². The highest BCUT2D eigenvalue weighted by Crippen LogP contribution is 2.40. The lowest BCUT2D eigenvalue weighted by molar-refractivity contribution is 0.451. The average Bonchev–Trinajstić information content (AvgIpc) is 2.11. The van der Waals surface area contributed by atoms with Gasteiger partial charge in [-0.2, -0.15) is 0 Å². The first kappa shape index (κ1) is 13.3. The molecule has 3 heteroatoms. The Morgan fingerprint density at radius 3 is 2.19 bits per heavy atom. The maximum Gasteiger partial charge on any atom is 0.149 e. The van der Waals surface area contributed by atoms with E-state index in [9.17, 15) is 9.50 Å². The molecular weight excluding hydrogens is 227 g/mol. The molecule has 0 aliphatic heterocycles. The Kier molecular flexibility index (Phi) is 3.53. The van der Waals surface area contributed by atoms with E-state index >= 15 is 0 Å². The lowest BCUT2D eigenvalue weighted by Crippen LogP contribution is -2.15. The molecule has 0 spiro atoms. The standard InChI is InChI=1S/C13H18ClFO/c1-7(2)8-6-9(13(3,4)5)11(15)10(14)12(8)16/h6-7,16H,1-5H3. The Morgan fingerprint density at radius 1 is 1.31 bits per heavy atom. The minimum atomic E-state index is -0.518. The number of hydrogen-bond acceptors (Lipinski definition) is 1. The molecule has 16 heavy (non-hydrogen) atoms. The molecule has 0 unspecified atom stereocenters. The van der Waals surface area contributed by atoms with Crippen molar-refractivity contribution < 1.29 is 9.50 Å². The van der Waals surface area contributed by atoms with Crippen molar-refractivity contribution in [3.63, 3.8) is 0 Å². The van der Waals surface area contributed by atoms with Gasteiger partial charge < -0.3 is 5.11 Å². The van der Waals surface area contributed by atoms with Gasteiger partial charge in [-0.15, -0.1) is 0 Å². The smallest absolute Gasteiger partial charge is 0.149 e. The molecule has 0 amide bonds. The molecular formula is C13H18ClFO. The van der Waals surface area contributed by atoms with Gasteiger partial charge in [0.1, 0.15) is 16.6 Å². The van der Waals surface area contributed by atoms with Crippen molar-refractivity contribution in [1.29, 1.82) is 0 Å². The minimum absolute atomic E-state index is 0.110. The Balaban J connectivity index is 3.54. The molecule has 1 aromatic carbocycles. The van der Waals surface area contributed by atoms with E-state index in [1.54, 1.807) is 6.07 Å². The second kappa shape index (κ2) is 4.25. The number of phenolic OH excluding ortho intramolecular Hbond substituents is 1. The molecule has 0 aliphatic carbocycles. The van der Waals surface area contributed by atoms with Gasteiger partial charge in [0.25, 0.3) is 0 Å². The normalized spacial score (nSPS) is 12.2. The van der Waals surface area contributed by atoms with Gasteiger partial charge in [0.2, 0.25) is 0 Å². The van der Waals surface area contributed by atoms with Gasteiger partial charge in [-0.05, 0) is 28.5 Å². The van der Waals surface area contributed by atoms with Crippen molar-refractivity contribution in [2.24, 2.45) is 0 Å². The summed E-state index contributed by atoms with van der Waals surface area (Å²) in [5.41, 5.74) is 0.903. The quantitative estimate of drug-likeness (QED) is 0.765. The predicted octanol–water partition coefficient (Wildman–Crippen LogP) is 4.61. The average molecular weight is 245 g/mol. The minimum Gasteiger partial charge on any atom is -0.506 e. The molecule has 1 nitrogen and oxygen atoms in total. The zero-order valence-electron chi connectivity index (χ0n) is 10.4. The van der Waals surface area contributed by atoms with E-state index in [1.807, 2.05) is 34.6 Å². The summed E-state index contributed by atoms with van der Waals surface area (Å²) in [5.74, 6) is -0.544. The van der Waals surface area contributed by atoms with E-state index in [1.165, 1.54) is 0 Å². The van der Waals surface area contributed by atoms with Crippen LogP contribution in [0.3, 0.4) is 0 Å². The van der Waals surface area contributed by atoms with Crippen LogP contribution in [0.2, 0.25) is 5.02 Å². The van der Waals surface area contributed by atoms with E-state index in [-0.39, 0.29) is 22.1 Å². The molecule has 1 aromatic rings. The summed E-state index contributed by atoms with van der Waals surface area (Å²) >= 11 is 5.81. The fraction of sp³-hybridized carbons (Fsp3) is 0.538. The number of aromatic hydroxyl groups is 1. The molecule has 0 fully saturated rings. The summed E-state index contributed by atoms with van der Waals surface area (Å²) in [5, 5.41) is 9.60. The van der Waals surface area contributed by atoms with Crippen LogP contribution in [-0.4, -0.2) is 5.11 Å². The molecule has 0 saturated heterocycles. The molecule has 0 aliphatic rings. The van der Waals surface area contributed by atoms with Crippen molar-refractivity contribution in [3.8, 4) is 5.75 Å². The second-order valence-electron chi connectivity index (χ2n) is 5.39. The number of benzene rings is 1. The third-order valence-corrected chi connectivity index (χ3v) is 2.99. The van der Waals surface area contributed by atoms with Crippen molar-refractivity contribution >= 4 is 11.6 Å². The largest absolute Gasteiger partial charge is 0.506 e. The van der Waals surface area contributed by atoms with E-state index in [0.29, 0.717) is 11.1 Å². The number of hydrogen-bond donors (Lipinski definition) is 1. The second-order valence-corrected chi connectivity index (χ2v) is 5.77. The highest BCUT2D eigenvalue weighted by Gasteiger charge is 2.25. The van der Waals surface area contributed by atoms with Crippen molar-refractivity contribution in [2.75, 3.05) is 0 Å². The first-order chi connectivity index (χ1) is 7.16. The van der Waals surface area contributed by atoms with Crippen LogP contribution < -0.4 is 0 Å². The van der Waals surface area contributed by atoms with Crippen LogP contribution in [0.1, 0.15) is 51.7 Å². The van der Waals surface area contributed by atoms with Crippen molar-refractivity contribution in [3.05, 3.63) is 28.0 Å². The van der Waals surface area contributed by atoms with Gasteiger partial charge in [0, 0.05) is 0 Å². The lowest BCUT2D eigenvalue weighted by atomic mass is 9.84. The third kappa shape index (κ3) is 2.32. The highest BCUT2D eigenvalue weighted by atomic mass is 35.5. The summed E-state index contributed by atoms with van der Waals surface area (Å²) in [6.45, 7) is 9.64. The van der Waals surface area contributed by atoms with Crippen LogP contribution in [0, 0.1) is 5.82 Å². The molecule has 0 atom stereocenters. The molecule has 0 radical (unpaired) electrons. The molecule has 0 aromatic heterocycles. The van der Waals surface area contributed by atoms with E-state index in [4.69, 9.17) is 11.6 Å². The van der Waals surface area contributed by atoms with Gasteiger partial charge in [0.15, 0.2) is 0 Å². The third-order valence-electron chi connectivity index (χ3n) is 2.64. The lowest BCUT2D eigenvalue weighted by Gasteiger charge is -2.23. The Hall–Kier alpha value is -0.760. The Bertz CT molecular complexity index is 405. The van der Waals surface area contributed by atoms with Gasteiger partial charge in [-0.3, -0.25) is 0 Å². The fourth-order valence-electron chi connectivity index (χ4n) is 1.62. The summed E-state index contributed by atoms with van der Waals surface area (Å²) < 4.78 is 13.9. The van der Waals surface area contributed by atoms with Crippen LogP contribution in [0.15, 0.2) is 6.07 Å². The van der Waals surface area contributed by atoms with Gasteiger partial charge in [-0.1, -0.05) is 46.2 Å². The van der Waals surface area contributed by atoms with Gasteiger partial charge in [0.05, 0.1) is 0 Å². The van der Waals surface area contributed by atoms with Gasteiger partial charge in [-0.25, -0.2) is 4.39 Å². The van der Waals surface area contributed by atoms with Crippen LogP contribution in [0.25, 0.3) is 0 Å². The first-order valence-corrected chi connectivity index (χ1v) is 5.75. The Morgan fingerprint density at radius 2 is 1.81 bits per heavy atom. The number of phenols is 1. The van der Waals surface area contributed by atoms with Gasteiger partial charge >= 0.3 is 0 Å². The Labute approximate surface area is 101 Å². The highest BCUT2D eigenvalue weighted by molar-refractivity contribution is 6.32. The SMILES string of the molecule is CC(C)c1cc(C(C)(C)C)c(F)c(Cl)c1O.